The molecular weight excluding hydrogens is 368 g/mol. The number of hydrazone groups is 1. The molecular formula is C23H18N2O4. The smallest absolute Gasteiger partial charge is 0.231 e. The lowest BCUT2D eigenvalue weighted by atomic mass is 9.95. The van der Waals surface area contributed by atoms with Crippen molar-refractivity contribution in [1.82, 2.24) is 5.01 Å². The Morgan fingerprint density at radius 1 is 0.897 bits per heavy atom. The Kier molecular flexibility index (Phi) is 3.47. The number of hydrogen-bond acceptors (Lipinski definition) is 6. The van der Waals surface area contributed by atoms with Gasteiger partial charge in [0.25, 0.3) is 0 Å². The SMILES string of the molecule is Oc1ccccc1C1=NN2[C@@H](c3ccc4c(c3)OCO4)Oc3ccccc3[C@@H]2C1. The van der Waals surface area contributed by atoms with Gasteiger partial charge in [-0.3, -0.25) is 0 Å². The quantitative estimate of drug-likeness (QED) is 0.709. The van der Waals surface area contributed by atoms with Crippen LogP contribution in [0.1, 0.15) is 35.4 Å². The van der Waals surface area contributed by atoms with Crippen LogP contribution in [0.3, 0.4) is 0 Å². The fourth-order valence-electron chi connectivity index (χ4n) is 4.20. The lowest BCUT2D eigenvalue weighted by Gasteiger charge is -2.38. The number of benzene rings is 3. The molecule has 0 fully saturated rings. The lowest BCUT2D eigenvalue weighted by molar-refractivity contribution is -0.0191. The number of phenols is 1. The van der Waals surface area contributed by atoms with Crippen molar-refractivity contribution < 1.29 is 19.3 Å². The van der Waals surface area contributed by atoms with Gasteiger partial charge < -0.3 is 19.3 Å². The summed E-state index contributed by atoms with van der Waals surface area (Å²) in [6.45, 7) is 0.231. The van der Waals surface area contributed by atoms with E-state index in [1.807, 2.05) is 59.6 Å². The molecule has 3 heterocycles. The molecule has 3 aromatic rings. The molecule has 0 radical (unpaired) electrons. The van der Waals surface area contributed by atoms with Crippen molar-refractivity contribution in [3.8, 4) is 23.0 Å². The zero-order valence-electron chi connectivity index (χ0n) is 15.5. The van der Waals surface area contributed by atoms with Crippen LogP contribution in [-0.2, 0) is 0 Å². The number of fused-ring (bicyclic) bond motifs is 4. The van der Waals surface area contributed by atoms with Crippen molar-refractivity contribution in [3.05, 3.63) is 83.4 Å². The highest BCUT2D eigenvalue weighted by Gasteiger charge is 2.41. The first-order valence-corrected chi connectivity index (χ1v) is 9.57. The third-order valence-corrected chi connectivity index (χ3v) is 5.60. The predicted molar refractivity (Wildman–Crippen MR) is 106 cm³/mol. The van der Waals surface area contributed by atoms with Gasteiger partial charge in [0.05, 0.1) is 11.8 Å². The minimum absolute atomic E-state index is 0.0324. The van der Waals surface area contributed by atoms with Gasteiger partial charge in [0.1, 0.15) is 11.5 Å². The van der Waals surface area contributed by atoms with E-state index >= 15 is 0 Å². The summed E-state index contributed by atoms with van der Waals surface area (Å²) < 4.78 is 17.4. The Bertz CT molecular complexity index is 1140. The highest BCUT2D eigenvalue weighted by molar-refractivity contribution is 6.04. The van der Waals surface area contributed by atoms with Crippen LogP contribution in [0.2, 0.25) is 0 Å². The molecule has 29 heavy (non-hydrogen) atoms. The normalized spacial score (nSPS) is 21.2. The minimum atomic E-state index is -0.396. The summed E-state index contributed by atoms with van der Waals surface area (Å²) in [5.74, 6) is 2.54. The second-order valence-electron chi connectivity index (χ2n) is 7.28. The molecule has 0 unspecified atom stereocenters. The van der Waals surface area contributed by atoms with Gasteiger partial charge in [0, 0.05) is 23.1 Å². The van der Waals surface area contributed by atoms with E-state index in [0.29, 0.717) is 12.2 Å². The minimum Gasteiger partial charge on any atom is -0.507 e. The van der Waals surface area contributed by atoms with Gasteiger partial charge in [-0.2, -0.15) is 5.10 Å². The maximum atomic E-state index is 10.3. The van der Waals surface area contributed by atoms with Crippen LogP contribution in [0.5, 0.6) is 23.0 Å². The zero-order chi connectivity index (χ0) is 19.4. The molecule has 6 heteroatoms. The Morgan fingerprint density at radius 2 is 1.72 bits per heavy atom. The fourth-order valence-corrected chi connectivity index (χ4v) is 4.20. The van der Waals surface area contributed by atoms with Gasteiger partial charge in [-0.1, -0.05) is 30.3 Å². The summed E-state index contributed by atoms with van der Waals surface area (Å²) in [7, 11) is 0. The van der Waals surface area contributed by atoms with E-state index in [1.54, 1.807) is 6.07 Å². The number of para-hydroxylation sites is 2. The van der Waals surface area contributed by atoms with Crippen molar-refractivity contribution in [3.63, 3.8) is 0 Å². The van der Waals surface area contributed by atoms with Crippen LogP contribution in [0.25, 0.3) is 0 Å². The largest absolute Gasteiger partial charge is 0.507 e. The molecule has 3 aromatic carbocycles. The monoisotopic (exact) mass is 386 g/mol. The summed E-state index contributed by atoms with van der Waals surface area (Å²) in [4.78, 5) is 0. The van der Waals surface area contributed by atoms with Crippen LogP contribution in [-0.4, -0.2) is 22.6 Å². The van der Waals surface area contributed by atoms with Crippen LogP contribution in [0.15, 0.2) is 71.8 Å². The number of rotatable bonds is 2. The molecule has 2 atom stereocenters. The molecule has 3 aliphatic rings. The van der Waals surface area contributed by atoms with Crippen molar-refractivity contribution >= 4 is 5.71 Å². The number of nitrogens with zero attached hydrogens (tertiary/aromatic N) is 2. The van der Waals surface area contributed by atoms with E-state index in [-0.39, 0.29) is 18.6 Å². The molecule has 0 aromatic heterocycles. The molecule has 0 amide bonds. The van der Waals surface area contributed by atoms with E-state index in [1.165, 1.54) is 0 Å². The van der Waals surface area contributed by atoms with Crippen LogP contribution < -0.4 is 14.2 Å². The van der Waals surface area contributed by atoms with Gasteiger partial charge >= 0.3 is 0 Å². The van der Waals surface area contributed by atoms with E-state index in [9.17, 15) is 5.11 Å². The van der Waals surface area contributed by atoms with E-state index in [4.69, 9.17) is 19.3 Å². The molecule has 1 N–H and O–H groups in total. The van der Waals surface area contributed by atoms with E-state index < -0.39 is 6.23 Å². The zero-order valence-corrected chi connectivity index (χ0v) is 15.5. The summed E-state index contributed by atoms with van der Waals surface area (Å²) in [5.41, 5.74) is 3.64. The Hall–Kier alpha value is -3.67. The van der Waals surface area contributed by atoms with Gasteiger partial charge in [-0.05, 0) is 36.4 Å². The summed E-state index contributed by atoms with van der Waals surface area (Å²) in [6, 6.07) is 21.2. The van der Waals surface area contributed by atoms with Gasteiger partial charge in [0.2, 0.25) is 13.0 Å². The van der Waals surface area contributed by atoms with Crippen LogP contribution >= 0.6 is 0 Å². The third-order valence-electron chi connectivity index (χ3n) is 5.60. The molecule has 0 saturated heterocycles. The highest BCUT2D eigenvalue weighted by atomic mass is 16.7. The van der Waals surface area contributed by atoms with Crippen molar-refractivity contribution in [2.24, 2.45) is 5.10 Å². The Balaban J connectivity index is 1.46. The Morgan fingerprint density at radius 3 is 2.66 bits per heavy atom. The summed E-state index contributed by atoms with van der Waals surface area (Å²) >= 11 is 0. The molecule has 6 nitrogen and oxygen atoms in total. The first-order valence-electron chi connectivity index (χ1n) is 9.57. The van der Waals surface area contributed by atoms with Crippen molar-refractivity contribution in [1.29, 1.82) is 0 Å². The fraction of sp³-hybridized carbons (Fsp3) is 0.174. The maximum Gasteiger partial charge on any atom is 0.231 e. The topological polar surface area (TPSA) is 63.5 Å². The van der Waals surface area contributed by atoms with Crippen LogP contribution in [0.4, 0.5) is 0 Å². The van der Waals surface area contributed by atoms with E-state index in [0.717, 1.165) is 33.9 Å². The molecule has 0 saturated carbocycles. The second-order valence-corrected chi connectivity index (χ2v) is 7.28. The Labute approximate surface area is 167 Å². The predicted octanol–water partition coefficient (Wildman–Crippen LogP) is 4.36. The molecule has 6 rings (SSSR count). The number of aromatic hydroxyl groups is 1. The molecule has 0 bridgehead atoms. The summed E-state index contributed by atoms with van der Waals surface area (Å²) in [6.07, 6.45) is 0.298. The second kappa shape index (κ2) is 6.17. The first-order chi connectivity index (χ1) is 14.3. The maximum absolute atomic E-state index is 10.3. The first kappa shape index (κ1) is 16.3. The third kappa shape index (κ3) is 2.52. The average Bonchev–Trinajstić information content (AvgIpc) is 3.40. The van der Waals surface area contributed by atoms with Gasteiger partial charge in [0.15, 0.2) is 11.5 Å². The van der Waals surface area contributed by atoms with Gasteiger partial charge in [-0.25, -0.2) is 5.01 Å². The van der Waals surface area contributed by atoms with Crippen molar-refractivity contribution in [2.75, 3.05) is 6.79 Å². The molecule has 144 valence electrons. The number of ether oxygens (including phenoxy) is 3. The standard InChI is InChI=1S/C23H18N2O4/c26-19-7-3-1-5-15(19)17-12-18-16-6-2-4-8-20(16)29-23(25(18)24-17)14-9-10-21-22(11-14)28-13-27-21/h1-11,18,23,26H,12-13H2/t18-,23+/m0/s1. The lowest BCUT2D eigenvalue weighted by Crippen LogP contribution is -2.33. The molecule has 3 aliphatic heterocycles. The summed E-state index contributed by atoms with van der Waals surface area (Å²) in [5, 5.41) is 17.2. The van der Waals surface area contributed by atoms with E-state index in [2.05, 4.69) is 6.07 Å². The molecule has 0 aliphatic carbocycles. The highest BCUT2D eigenvalue weighted by Crippen LogP contribution is 2.48. The number of phenolic OH excluding ortho intramolecular Hbond substituents is 1. The van der Waals surface area contributed by atoms with Gasteiger partial charge in [-0.15, -0.1) is 0 Å². The average molecular weight is 386 g/mol. The van der Waals surface area contributed by atoms with Crippen LogP contribution in [0, 0.1) is 0 Å². The molecule has 0 spiro atoms. The number of hydrogen-bond donors (Lipinski definition) is 1. The van der Waals surface area contributed by atoms with Crippen molar-refractivity contribution in [2.45, 2.75) is 18.7 Å².